The SMILES string of the molecule is CC1Cc2ccccc2N1C(=O)c1ncccn1. The van der Waals surface area contributed by atoms with E-state index in [0.717, 1.165) is 12.1 Å². The molecule has 1 atom stereocenters. The largest absolute Gasteiger partial charge is 0.302 e. The van der Waals surface area contributed by atoms with Crippen LogP contribution in [0.3, 0.4) is 0 Å². The van der Waals surface area contributed by atoms with E-state index in [9.17, 15) is 4.79 Å². The number of hydrogen-bond donors (Lipinski definition) is 0. The molecule has 4 nitrogen and oxygen atoms in total. The highest BCUT2D eigenvalue weighted by Crippen LogP contribution is 2.32. The predicted octanol–water partition coefficient (Wildman–Crippen LogP) is 2.07. The molecule has 2 heterocycles. The smallest absolute Gasteiger partial charge is 0.296 e. The number of aromatic nitrogens is 2. The zero-order valence-corrected chi connectivity index (χ0v) is 10.1. The fourth-order valence-electron chi connectivity index (χ4n) is 2.39. The number of carbonyl (C=O) groups excluding carboxylic acids is 1. The molecule has 0 fully saturated rings. The third kappa shape index (κ3) is 1.66. The molecular weight excluding hydrogens is 226 g/mol. The van der Waals surface area contributed by atoms with E-state index in [1.807, 2.05) is 25.1 Å². The number of hydrogen-bond acceptors (Lipinski definition) is 3. The highest BCUT2D eigenvalue weighted by molar-refractivity contribution is 6.05. The summed E-state index contributed by atoms with van der Waals surface area (Å²) >= 11 is 0. The van der Waals surface area contributed by atoms with Gasteiger partial charge in [-0.05, 0) is 31.0 Å². The van der Waals surface area contributed by atoms with E-state index in [0.29, 0.717) is 0 Å². The Hall–Kier alpha value is -2.23. The summed E-state index contributed by atoms with van der Waals surface area (Å²) in [7, 11) is 0. The van der Waals surface area contributed by atoms with Gasteiger partial charge in [-0.2, -0.15) is 0 Å². The Morgan fingerprint density at radius 3 is 2.72 bits per heavy atom. The molecule has 3 rings (SSSR count). The molecule has 1 aliphatic heterocycles. The second-order valence-electron chi connectivity index (χ2n) is 4.43. The van der Waals surface area contributed by atoms with E-state index in [1.54, 1.807) is 23.4 Å². The minimum Gasteiger partial charge on any atom is -0.302 e. The first-order valence-corrected chi connectivity index (χ1v) is 5.96. The first-order valence-electron chi connectivity index (χ1n) is 5.96. The van der Waals surface area contributed by atoms with Crippen LogP contribution in [0.4, 0.5) is 5.69 Å². The number of carbonyl (C=O) groups is 1. The predicted molar refractivity (Wildman–Crippen MR) is 68.4 cm³/mol. The van der Waals surface area contributed by atoms with Gasteiger partial charge >= 0.3 is 0 Å². The standard InChI is InChI=1S/C14H13N3O/c1-10-9-11-5-2-3-6-12(11)17(10)14(18)13-15-7-4-8-16-13/h2-8,10H,9H2,1H3. The van der Waals surface area contributed by atoms with Crippen molar-refractivity contribution in [3.8, 4) is 0 Å². The van der Waals surface area contributed by atoms with E-state index in [4.69, 9.17) is 0 Å². The van der Waals surface area contributed by atoms with Gasteiger partial charge in [-0.25, -0.2) is 9.97 Å². The van der Waals surface area contributed by atoms with Gasteiger partial charge in [0.2, 0.25) is 5.82 Å². The second-order valence-corrected chi connectivity index (χ2v) is 4.43. The van der Waals surface area contributed by atoms with Gasteiger partial charge in [0.15, 0.2) is 0 Å². The fraction of sp³-hybridized carbons (Fsp3) is 0.214. The number of para-hydroxylation sites is 1. The van der Waals surface area contributed by atoms with Crippen molar-refractivity contribution in [2.75, 3.05) is 4.90 Å². The number of rotatable bonds is 1. The van der Waals surface area contributed by atoms with Crippen molar-refractivity contribution in [2.45, 2.75) is 19.4 Å². The van der Waals surface area contributed by atoms with Gasteiger partial charge in [0.25, 0.3) is 5.91 Å². The molecule has 0 N–H and O–H groups in total. The summed E-state index contributed by atoms with van der Waals surface area (Å²) in [6.07, 6.45) is 4.06. The van der Waals surface area contributed by atoms with Crippen molar-refractivity contribution in [1.29, 1.82) is 0 Å². The van der Waals surface area contributed by atoms with Crippen molar-refractivity contribution < 1.29 is 4.79 Å². The first kappa shape index (κ1) is 10.9. The Labute approximate surface area is 105 Å². The lowest BCUT2D eigenvalue weighted by molar-refractivity contribution is 0.0971. The van der Waals surface area contributed by atoms with Crippen LogP contribution in [0.1, 0.15) is 23.1 Å². The molecule has 1 unspecified atom stereocenters. The van der Waals surface area contributed by atoms with Crippen LogP contribution in [-0.4, -0.2) is 21.9 Å². The van der Waals surface area contributed by atoms with Crippen LogP contribution in [0.25, 0.3) is 0 Å². The molecule has 18 heavy (non-hydrogen) atoms. The second kappa shape index (κ2) is 4.22. The Bertz CT molecular complexity index is 583. The molecule has 1 aromatic heterocycles. The Morgan fingerprint density at radius 2 is 1.94 bits per heavy atom. The summed E-state index contributed by atoms with van der Waals surface area (Å²) in [5.74, 6) is 0.120. The summed E-state index contributed by atoms with van der Waals surface area (Å²) in [5, 5.41) is 0. The van der Waals surface area contributed by atoms with E-state index >= 15 is 0 Å². The zero-order valence-electron chi connectivity index (χ0n) is 10.1. The summed E-state index contributed by atoms with van der Waals surface area (Å²) in [6.45, 7) is 2.04. The van der Waals surface area contributed by atoms with E-state index in [1.165, 1.54) is 5.56 Å². The number of fused-ring (bicyclic) bond motifs is 1. The number of benzene rings is 1. The third-order valence-corrected chi connectivity index (χ3v) is 3.18. The van der Waals surface area contributed by atoms with Crippen molar-refractivity contribution in [3.05, 3.63) is 54.1 Å². The maximum absolute atomic E-state index is 12.4. The average Bonchev–Trinajstić information content (AvgIpc) is 2.75. The molecule has 90 valence electrons. The number of nitrogens with zero attached hydrogens (tertiary/aromatic N) is 3. The molecule has 0 saturated heterocycles. The van der Waals surface area contributed by atoms with Crippen LogP contribution in [-0.2, 0) is 6.42 Å². The summed E-state index contributed by atoms with van der Waals surface area (Å²) in [4.78, 5) is 22.3. The quantitative estimate of drug-likeness (QED) is 0.765. The van der Waals surface area contributed by atoms with Crippen LogP contribution in [0.2, 0.25) is 0 Å². The maximum Gasteiger partial charge on any atom is 0.296 e. The summed E-state index contributed by atoms with van der Waals surface area (Å²) < 4.78 is 0. The van der Waals surface area contributed by atoms with E-state index < -0.39 is 0 Å². The van der Waals surface area contributed by atoms with Gasteiger partial charge in [-0.1, -0.05) is 18.2 Å². The van der Waals surface area contributed by atoms with Gasteiger partial charge in [0.1, 0.15) is 0 Å². The molecule has 4 heteroatoms. The van der Waals surface area contributed by atoms with Crippen molar-refractivity contribution >= 4 is 11.6 Å². The molecule has 0 bridgehead atoms. The van der Waals surface area contributed by atoms with Gasteiger partial charge in [0.05, 0.1) is 0 Å². The van der Waals surface area contributed by atoms with Crippen LogP contribution in [0, 0.1) is 0 Å². The Morgan fingerprint density at radius 1 is 1.22 bits per heavy atom. The minimum atomic E-state index is -0.131. The fourth-order valence-corrected chi connectivity index (χ4v) is 2.39. The van der Waals surface area contributed by atoms with E-state index in [-0.39, 0.29) is 17.8 Å². The minimum absolute atomic E-state index is 0.131. The topological polar surface area (TPSA) is 46.1 Å². The number of amides is 1. The zero-order chi connectivity index (χ0) is 12.5. The van der Waals surface area contributed by atoms with Crippen LogP contribution >= 0.6 is 0 Å². The van der Waals surface area contributed by atoms with Gasteiger partial charge in [0, 0.05) is 24.1 Å². The lowest BCUT2D eigenvalue weighted by Crippen LogP contribution is -2.36. The summed E-state index contributed by atoms with van der Waals surface area (Å²) in [6, 6.07) is 9.84. The first-order chi connectivity index (χ1) is 8.77. The molecule has 1 amide bonds. The monoisotopic (exact) mass is 239 g/mol. The third-order valence-electron chi connectivity index (χ3n) is 3.18. The van der Waals surface area contributed by atoms with Gasteiger partial charge in [-0.15, -0.1) is 0 Å². The van der Waals surface area contributed by atoms with Crippen LogP contribution in [0.5, 0.6) is 0 Å². The van der Waals surface area contributed by atoms with Crippen molar-refractivity contribution in [3.63, 3.8) is 0 Å². The lowest BCUT2D eigenvalue weighted by Gasteiger charge is -2.21. The van der Waals surface area contributed by atoms with E-state index in [2.05, 4.69) is 16.0 Å². The van der Waals surface area contributed by atoms with Crippen molar-refractivity contribution in [2.24, 2.45) is 0 Å². The molecule has 0 aliphatic carbocycles. The number of anilines is 1. The summed E-state index contributed by atoms with van der Waals surface area (Å²) in [5.41, 5.74) is 2.18. The Balaban J connectivity index is 2.00. The Kier molecular flexibility index (Phi) is 2.55. The molecule has 1 aromatic carbocycles. The normalized spacial score (nSPS) is 17.6. The molecule has 1 aliphatic rings. The van der Waals surface area contributed by atoms with Gasteiger partial charge in [-0.3, -0.25) is 4.79 Å². The van der Waals surface area contributed by atoms with Crippen LogP contribution in [0.15, 0.2) is 42.7 Å². The molecule has 2 aromatic rings. The van der Waals surface area contributed by atoms with Gasteiger partial charge < -0.3 is 4.90 Å². The molecular formula is C14H13N3O. The molecule has 0 radical (unpaired) electrons. The molecule has 0 saturated carbocycles. The maximum atomic E-state index is 12.4. The highest BCUT2D eigenvalue weighted by Gasteiger charge is 2.32. The average molecular weight is 239 g/mol. The van der Waals surface area contributed by atoms with Crippen LogP contribution < -0.4 is 4.90 Å². The van der Waals surface area contributed by atoms with Crippen molar-refractivity contribution in [1.82, 2.24) is 9.97 Å². The molecule has 0 spiro atoms. The highest BCUT2D eigenvalue weighted by atomic mass is 16.2. The lowest BCUT2D eigenvalue weighted by atomic mass is 10.1.